The van der Waals surface area contributed by atoms with E-state index in [0.29, 0.717) is 31.1 Å². The van der Waals surface area contributed by atoms with Crippen molar-refractivity contribution in [2.45, 2.75) is 31.2 Å². The lowest BCUT2D eigenvalue weighted by Gasteiger charge is -2.54. The van der Waals surface area contributed by atoms with Crippen LogP contribution in [0.2, 0.25) is 5.02 Å². The number of alkyl halides is 1. The second kappa shape index (κ2) is 8.32. The van der Waals surface area contributed by atoms with E-state index in [-0.39, 0.29) is 23.1 Å². The van der Waals surface area contributed by atoms with Crippen molar-refractivity contribution < 1.29 is 14.3 Å². The Labute approximate surface area is 181 Å². The molecule has 1 spiro atoms. The summed E-state index contributed by atoms with van der Waals surface area (Å²) in [5.74, 6) is 0.199. The summed E-state index contributed by atoms with van der Waals surface area (Å²) in [5, 5.41) is 4.17. The molecular formula is C21H27Cl2N3O3. The van der Waals surface area contributed by atoms with Crippen molar-refractivity contribution in [3.05, 3.63) is 29.3 Å². The molecular weight excluding hydrogens is 413 g/mol. The van der Waals surface area contributed by atoms with Gasteiger partial charge in [-0.1, -0.05) is 11.6 Å². The lowest BCUT2D eigenvalue weighted by molar-refractivity contribution is -0.151. The minimum absolute atomic E-state index is 0.00382. The predicted molar refractivity (Wildman–Crippen MR) is 113 cm³/mol. The first-order valence-electron chi connectivity index (χ1n) is 10.2. The number of rotatable bonds is 4. The highest BCUT2D eigenvalue weighted by molar-refractivity contribution is 6.30. The average Bonchev–Trinajstić information content (AvgIpc) is 2.73. The van der Waals surface area contributed by atoms with Gasteiger partial charge >= 0.3 is 0 Å². The second-order valence-electron chi connectivity index (χ2n) is 8.50. The second-order valence-corrected chi connectivity index (χ2v) is 9.21. The Balaban J connectivity index is 1.41. The average molecular weight is 440 g/mol. The number of hydrogen-bond donors (Lipinski definition) is 1. The summed E-state index contributed by atoms with van der Waals surface area (Å²) < 4.78 is 5.54. The molecule has 0 radical (unpaired) electrons. The zero-order valence-electron chi connectivity index (χ0n) is 16.5. The fourth-order valence-corrected chi connectivity index (χ4v) is 5.04. The van der Waals surface area contributed by atoms with Gasteiger partial charge in [0.05, 0.1) is 0 Å². The molecule has 3 aliphatic rings. The molecule has 0 bridgehead atoms. The van der Waals surface area contributed by atoms with Crippen LogP contribution in [0.4, 0.5) is 5.69 Å². The first kappa shape index (κ1) is 20.8. The summed E-state index contributed by atoms with van der Waals surface area (Å²) >= 11 is 11.7. The zero-order chi connectivity index (χ0) is 20.5. The molecule has 6 nitrogen and oxygen atoms in total. The molecule has 8 heteroatoms. The predicted octanol–water partition coefficient (Wildman–Crippen LogP) is 2.99. The third kappa shape index (κ3) is 4.21. The Kier molecular flexibility index (Phi) is 5.96. The summed E-state index contributed by atoms with van der Waals surface area (Å²) in [6.45, 7) is 4.13. The van der Waals surface area contributed by atoms with Crippen molar-refractivity contribution in [2.24, 2.45) is 5.41 Å². The standard InChI is InChI=1S/C21H27Cl2N3O3/c22-13-18(27)26-14-20(15-26)5-9-25(10-6-20)19(28)21(7-11-29-12-8-21)24-17-3-1-16(23)2-4-17/h1-4,24H,5-15H2. The number of ether oxygens (including phenoxy) is 1. The summed E-state index contributed by atoms with van der Waals surface area (Å²) in [6, 6.07) is 7.48. The third-order valence-electron chi connectivity index (χ3n) is 6.61. The van der Waals surface area contributed by atoms with E-state index >= 15 is 0 Å². The molecule has 1 aromatic carbocycles. The quantitative estimate of drug-likeness (QED) is 0.732. The first-order chi connectivity index (χ1) is 14.0. The molecule has 3 heterocycles. The number of piperidine rings is 1. The Hall–Kier alpha value is -1.50. The lowest BCUT2D eigenvalue weighted by atomic mass is 9.71. The van der Waals surface area contributed by atoms with Gasteiger partial charge in [0.25, 0.3) is 0 Å². The molecule has 0 aliphatic carbocycles. The van der Waals surface area contributed by atoms with E-state index in [1.165, 1.54) is 0 Å². The van der Waals surface area contributed by atoms with Gasteiger partial charge in [0.15, 0.2) is 0 Å². The van der Waals surface area contributed by atoms with Crippen LogP contribution in [0.1, 0.15) is 25.7 Å². The highest BCUT2D eigenvalue weighted by Gasteiger charge is 2.49. The number of carbonyl (C=O) groups excluding carboxylic acids is 2. The molecule has 0 aromatic heterocycles. The van der Waals surface area contributed by atoms with Crippen molar-refractivity contribution in [1.29, 1.82) is 0 Å². The van der Waals surface area contributed by atoms with Gasteiger partial charge < -0.3 is 19.9 Å². The Morgan fingerprint density at radius 1 is 1.00 bits per heavy atom. The number of hydrogen-bond acceptors (Lipinski definition) is 4. The zero-order valence-corrected chi connectivity index (χ0v) is 18.0. The van der Waals surface area contributed by atoms with E-state index in [9.17, 15) is 9.59 Å². The molecule has 3 aliphatic heterocycles. The molecule has 1 N–H and O–H groups in total. The van der Waals surface area contributed by atoms with Crippen LogP contribution in [-0.2, 0) is 14.3 Å². The highest BCUT2D eigenvalue weighted by Crippen LogP contribution is 2.41. The molecule has 0 saturated carbocycles. The van der Waals surface area contributed by atoms with Gasteiger partial charge in [0.2, 0.25) is 11.8 Å². The summed E-state index contributed by atoms with van der Waals surface area (Å²) in [4.78, 5) is 29.1. The fourth-order valence-electron chi connectivity index (χ4n) is 4.75. The largest absolute Gasteiger partial charge is 0.381 e. The lowest BCUT2D eigenvalue weighted by Crippen LogP contribution is -2.64. The smallest absolute Gasteiger partial charge is 0.248 e. The van der Waals surface area contributed by atoms with Crippen molar-refractivity contribution in [1.82, 2.24) is 9.80 Å². The fraction of sp³-hybridized carbons (Fsp3) is 0.619. The number of amides is 2. The molecule has 4 rings (SSSR count). The summed E-state index contributed by atoms with van der Waals surface area (Å²) in [6.07, 6.45) is 3.15. The van der Waals surface area contributed by atoms with Crippen molar-refractivity contribution in [2.75, 3.05) is 50.6 Å². The van der Waals surface area contributed by atoms with Gasteiger partial charge in [-0.2, -0.15) is 0 Å². The molecule has 0 atom stereocenters. The Morgan fingerprint density at radius 3 is 2.21 bits per heavy atom. The third-order valence-corrected chi connectivity index (χ3v) is 7.10. The molecule has 29 heavy (non-hydrogen) atoms. The van der Waals surface area contributed by atoms with E-state index < -0.39 is 5.54 Å². The molecule has 2 amide bonds. The molecule has 3 saturated heterocycles. The van der Waals surface area contributed by atoms with Crippen LogP contribution < -0.4 is 5.32 Å². The van der Waals surface area contributed by atoms with E-state index in [1.807, 2.05) is 34.1 Å². The van der Waals surface area contributed by atoms with Crippen LogP contribution in [-0.4, -0.2) is 72.4 Å². The summed E-state index contributed by atoms with van der Waals surface area (Å²) in [7, 11) is 0. The molecule has 3 fully saturated rings. The number of halogens is 2. The van der Waals surface area contributed by atoms with E-state index in [2.05, 4.69) is 5.32 Å². The number of anilines is 1. The highest BCUT2D eigenvalue weighted by atomic mass is 35.5. The maximum atomic E-state index is 13.6. The minimum Gasteiger partial charge on any atom is -0.381 e. The number of carbonyl (C=O) groups is 2. The van der Waals surface area contributed by atoms with Crippen molar-refractivity contribution in [3.8, 4) is 0 Å². The van der Waals surface area contributed by atoms with Crippen LogP contribution in [0.3, 0.4) is 0 Å². The minimum atomic E-state index is -0.642. The molecule has 158 valence electrons. The van der Waals surface area contributed by atoms with Crippen LogP contribution in [0.25, 0.3) is 0 Å². The number of nitrogens with one attached hydrogen (secondary N) is 1. The van der Waals surface area contributed by atoms with E-state index in [0.717, 1.165) is 44.7 Å². The monoisotopic (exact) mass is 439 g/mol. The number of likely N-dealkylation sites (tertiary alicyclic amines) is 2. The van der Waals surface area contributed by atoms with Crippen molar-refractivity contribution >= 4 is 40.7 Å². The Morgan fingerprint density at radius 2 is 1.62 bits per heavy atom. The molecule has 1 aromatic rings. The van der Waals surface area contributed by atoms with Gasteiger partial charge in [0, 0.05) is 68.4 Å². The van der Waals surface area contributed by atoms with Gasteiger partial charge in [0.1, 0.15) is 11.4 Å². The van der Waals surface area contributed by atoms with E-state index in [1.54, 1.807) is 0 Å². The van der Waals surface area contributed by atoms with Crippen molar-refractivity contribution in [3.63, 3.8) is 0 Å². The van der Waals surface area contributed by atoms with Crippen LogP contribution in [0, 0.1) is 5.41 Å². The summed E-state index contributed by atoms with van der Waals surface area (Å²) in [5.41, 5.74) is 0.411. The Bertz CT molecular complexity index is 749. The number of benzene rings is 1. The van der Waals surface area contributed by atoms with Crippen LogP contribution in [0.15, 0.2) is 24.3 Å². The maximum Gasteiger partial charge on any atom is 0.248 e. The molecule has 0 unspecified atom stereocenters. The SMILES string of the molecule is O=C(CCl)N1CC2(CCN(C(=O)C3(Nc4ccc(Cl)cc4)CCOCC3)CC2)C1. The van der Waals surface area contributed by atoms with Gasteiger partial charge in [-0.3, -0.25) is 9.59 Å². The number of nitrogens with zero attached hydrogens (tertiary/aromatic N) is 2. The van der Waals surface area contributed by atoms with Gasteiger partial charge in [-0.25, -0.2) is 0 Å². The van der Waals surface area contributed by atoms with Gasteiger partial charge in [-0.05, 0) is 37.1 Å². The maximum absolute atomic E-state index is 13.6. The van der Waals surface area contributed by atoms with Gasteiger partial charge in [-0.15, -0.1) is 11.6 Å². The normalized spacial score (nSPS) is 22.8. The van der Waals surface area contributed by atoms with Crippen LogP contribution in [0.5, 0.6) is 0 Å². The topological polar surface area (TPSA) is 61.9 Å². The van der Waals surface area contributed by atoms with Crippen LogP contribution >= 0.6 is 23.2 Å². The first-order valence-corrected chi connectivity index (χ1v) is 11.1. The van der Waals surface area contributed by atoms with E-state index in [4.69, 9.17) is 27.9 Å².